The molecular weight excluding hydrogens is 400 g/mol. The van der Waals surface area contributed by atoms with Crippen molar-refractivity contribution in [3.8, 4) is 10.6 Å². The molecule has 4 heteroatoms. The number of nitrogens with zero attached hydrogens (tertiary/aromatic N) is 1. The Bertz CT molecular complexity index is 1190. The molecule has 1 atom stereocenters. The number of aromatic nitrogens is 1. The van der Waals surface area contributed by atoms with Gasteiger partial charge >= 0.3 is 0 Å². The summed E-state index contributed by atoms with van der Waals surface area (Å²) in [6.45, 7) is 2.10. The van der Waals surface area contributed by atoms with Crippen LogP contribution in [0.2, 0.25) is 0 Å². The standard InChI is InChI=1S/C27H26N2OS/c1-18-11-16-23-24(17-18)31-27(29-23)21-12-14-22(15-13-21)28-26(30)25(20-9-5-6-10-20)19-7-3-2-4-8-19/h2-4,7-8,11-17,20,25H,5-6,9-10H2,1H3,(H,28,30)/t25-/m1/s1. The number of hydrogen-bond donors (Lipinski definition) is 1. The van der Waals surface area contributed by atoms with Crippen molar-refractivity contribution in [2.24, 2.45) is 5.92 Å². The molecule has 0 bridgehead atoms. The van der Waals surface area contributed by atoms with Crippen LogP contribution in [0.4, 0.5) is 5.69 Å². The van der Waals surface area contributed by atoms with E-state index in [1.807, 2.05) is 42.5 Å². The van der Waals surface area contributed by atoms with E-state index in [0.29, 0.717) is 5.92 Å². The molecule has 0 unspecified atom stereocenters. The summed E-state index contributed by atoms with van der Waals surface area (Å²) in [7, 11) is 0. The van der Waals surface area contributed by atoms with Crippen LogP contribution >= 0.6 is 11.3 Å². The smallest absolute Gasteiger partial charge is 0.232 e. The highest BCUT2D eigenvalue weighted by Crippen LogP contribution is 2.38. The molecule has 0 aliphatic heterocycles. The van der Waals surface area contributed by atoms with Gasteiger partial charge in [0.2, 0.25) is 5.91 Å². The average molecular weight is 427 g/mol. The number of aryl methyl sites for hydroxylation is 1. The highest BCUT2D eigenvalue weighted by molar-refractivity contribution is 7.21. The van der Waals surface area contributed by atoms with E-state index >= 15 is 0 Å². The first kappa shape index (κ1) is 20.0. The van der Waals surface area contributed by atoms with E-state index < -0.39 is 0 Å². The van der Waals surface area contributed by atoms with Crippen LogP contribution in [0, 0.1) is 12.8 Å². The first-order valence-corrected chi connectivity index (χ1v) is 11.8. The molecule has 0 radical (unpaired) electrons. The molecule has 3 nitrogen and oxygen atoms in total. The third kappa shape index (κ3) is 4.26. The highest BCUT2D eigenvalue weighted by atomic mass is 32.1. The molecule has 1 aliphatic carbocycles. The monoisotopic (exact) mass is 426 g/mol. The van der Waals surface area contributed by atoms with E-state index in [1.165, 1.54) is 23.1 Å². The van der Waals surface area contributed by atoms with Gasteiger partial charge in [0, 0.05) is 11.3 Å². The van der Waals surface area contributed by atoms with E-state index in [9.17, 15) is 4.79 Å². The number of rotatable bonds is 5. The van der Waals surface area contributed by atoms with Crippen LogP contribution in [0.15, 0.2) is 72.8 Å². The Balaban J connectivity index is 1.35. The minimum Gasteiger partial charge on any atom is -0.326 e. The molecule has 4 aromatic rings. The van der Waals surface area contributed by atoms with Crippen LogP contribution in [0.1, 0.15) is 42.7 Å². The van der Waals surface area contributed by atoms with Crippen LogP contribution < -0.4 is 5.32 Å². The molecule has 1 heterocycles. The molecule has 1 aromatic heterocycles. The Morgan fingerprint density at radius 1 is 1.00 bits per heavy atom. The van der Waals surface area contributed by atoms with E-state index in [2.05, 4.69) is 42.6 Å². The van der Waals surface area contributed by atoms with Crippen molar-refractivity contribution in [2.75, 3.05) is 5.32 Å². The number of thiazole rings is 1. The topological polar surface area (TPSA) is 42.0 Å². The molecular formula is C27H26N2OS. The van der Waals surface area contributed by atoms with Gasteiger partial charge in [0.25, 0.3) is 0 Å². The van der Waals surface area contributed by atoms with Gasteiger partial charge in [-0.2, -0.15) is 0 Å². The summed E-state index contributed by atoms with van der Waals surface area (Å²) in [5, 5.41) is 4.18. The number of nitrogens with one attached hydrogen (secondary N) is 1. The van der Waals surface area contributed by atoms with Gasteiger partial charge in [-0.25, -0.2) is 4.98 Å². The van der Waals surface area contributed by atoms with Crippen LogP contribution in [0.5, 0.6) is 0 Å². The number of anilines is 1. The largest absolute Gasteiger partial charge is 0.326 e. The van der Waals surface area contributed by atoms with Crippen LogP contribution in [-0.4, -0.2) is 10.9 Å². The molecule has 0 saturated heterocycles. The number of fused-ring (bicyclic) bond motifs is 1. The molecule has 31 heavy (non-hydrogen) atoms. The van der Waals surface area contributed by atoms with Crippen LogP contribution in [-0.2, 0) is 4.79 Å². The number of benzene rings is 3. The van der Waals surface area contributed by atoms with Crippen molar-refractivity contribution in [3.05, 3.63) is 83.9 Å². The lowest BCUT2D eigenvalue weighted by Gasteiger charge is -2.23. The quantitative estimate of drug-likeness (QED) is 0.367. The maximum atomic E-state index is 13.3. The summed E-state index contributed by atoms with van der Waals surface area (Å²) < 4.78 is 1.20. The molecule has 1 fully saturated rings. The average Bonchev–Trinajstić information content (AvgIpc) is 3.45. The van der Waals surface area contributed by atoms with Gasteiger partial charge in [-0.15, -0.1) is 11.3 Å². The second kappa shape index (κ2) is 8.64. The molecule has 3 aromatic carbocycles. The third-order valence-electron chi connectivity index (χ3n) is 6.26. The predicted molar refractivity (Wildman–Crippen MR) is 130 cm³/mol. The van der Waals surface area contributed by atoms with Gasteiger partial charge in [-0.1, -0.05) is 49.2 Å². The SMILES string of the molecule is Cc1ccc2nc(-c3ccc(NC(=O)[C@H](c4ccccc4)C4CCCC4)cc3)sc2c1. The van der Waals surface area contributed by atoms with Crippen molar-refractivity contribution in [1.82, 2.24) is 4.98 Å². The number of amides is 1. The fourth-order valence-electron chi connectivity index (χ4n) is 4.66. The normalized spacial score (nSPS) is 15.3. The Kier molecular flexibility index (Phi) is 5.56. The number of carbonyl (C=O) groups excluding carboxylic acids is 1. The van der Waals surface area contributed by atoms with Crippen molar-refractivity contribution in [2.45, 2.75) is 38.5 Å². The van der Waals surface area contributed by atoms with E-state index in [-0.39, 0.29) is 11.8 Å². The highest BCUT2D eigenvalue weighted by Gasteiger charge is 2.31. The lowest BCUT2D eigenvalue weighted by molar-refractivity contribution is -0.118. The number of hydrogen-bond acceptors (Lipinski definition) is 3. The molecule has 1 amide bonds. The summed E-state index contributed by atoms with van der Waals surface area (Å²) in [5.74, 6) is 0.435. The first-order chi connectivity index (χ1) is 15.2. The molecule has 0 spiro atoms. The molecule has 1 N–H and O–H groups in total. The zero-order chi connectivity index (χ0) is 21.2. The van der Waals surface area contributed by atoms with Crippen molar-refractivity contribution >= 4 is 33.1 Å². The molecule has 5 rings (SSSR count). The van der Waals surface area contributed by atoms with Crippen LogP contribution in [0.25, 0.3) is 20.8 Å². The zero-order valence-electron chi connectivity index (χ0n) is 17.7. The lowest BCUT2D eigenvalue weighted by atomic mass is 9.84. The predicted octanol–water partition coefficient (Wildman–Crippen LogP) is 7.18. The Morgan fingerprint density at radius 2 is 1.74 bits per heavy atom. The first-order valence-electron chi connectivity index (χ1n) is 11.0. The van der Waals surface area contributed by atoms with E-state index in [1.54, 1.807) is 11.3 Å². The summed E-state index contributed by atoms with van der Waals surface area (Å²) >= 11 is 1.70. The van der Waals surface area contributed by atoms with Gasteiger partial charge in [0.1, 0.15) is 5.01 Å². The fraction of sp³-hybridized carbons (Fsp3) is 0.259. The Morgan fingerprint density at radius 3 is 2.48 bits per heavy atom. The summed E-state index contributed by atoms with van der Waals surface area (Å²) in [5.41, 5.74) is 5.31. The molecule has 1 saturated carbocycles. The minimum absolute atomic E-state index is 0.0872. The Hall–Kier alpha value is -2.98. The minimum atomic E-state index is -0.0872. The van der Waals surface area contributed by atoms with Gasteiger partial charge in [-0.05, 0) is 73.2 Å². The zero-order valence-corrected chi connectivity index (χ0v) is 18.5. The summed E-state index contributed by atoms with van der Waals surface area (Å²) in [4.78, 5) is 18.0. The van der Waals surface area contributed by atoms with Gasteiger partial charge < -0.3 is 5.32 Å². The van der Waals surface area contributed by atoms with E-state index in [4.69, 9.17) is 4.98 Å². The van der Waals surface area contributed by atoms with Crippen molar-refractivity contribution in [1.29, 1.82) is 0 Å². The Labute approximate surface area is 187 Å². The van der Waals surface area contributed by atoms with E-state index in [0.717, 1.165) is 40.2 Å². The van der Waals surface area contributed by atoms with Crippen molar-refractivity contribution in [3.63, 3.8) is 0 Å². The van der Waals surface area contributed by atoms with Gasteiger partial charge in [0.05, 0.1) is 16.1 Å². The maximum Gasteiger partial charge on any atom is 0.232 e. The fourth-order valence-corrected chi connectivity index (χ4v) is 5.73. The maximum absolute atomic E-state index is 13.3. The van der Waals surface area contributed by atoms with Gasteiger partial charge in [0.15, 0.2) is 0 Å². The number of carbonyl (C=O) groups is 1. The van der Waals surface area contributed by atoms with Crippen molar-refractivity contribution < 1.29 is 4.79 Å². The lowest BCUT2D eigenvalue weighted by Crippen LogP contribution is -2.26. The second-order valence-corrected chi connectivity index (χ2v) is 9.52. The summed E-state index contributed by atoms with van der Waals surface area (Å²) in [6, 6.07) is 24.7. The summed E-state index contributed by atoms with van der Waals surface area (Å²) in [6.07, 6.45) is 4.70. The van der Waals surface area contributed by atoms with Crippen LogP contribution in [0.3, 0.4) is 0 Å². The van der Waals surface area contributed by atoms with Gasteiger partial charge in [-0.3, -0.25) is 4.79 Å². The third-order valence-corrected chi connectivity index (χ3v) is 7.32. The molecule has 156 valence electrons. The second-order valence-electron chi connectivity index (χ2n) is 8.49. The molecule has 1 aliphatic rings.